The minimum absolute atomic E-state index is 0.121. The summed E-state index contributed by atoms with van der Waals surface area (Å²) in [5.74, 6) is 5.65. The van der Waals surface area contributed by atoms with Gasteiger partial charge in [0, 0.05) is 11.3 Å². The normalized spacial score (nSPS) is 12.8. The topological polar surface area (TPSA) is 63.8 Å². The van der Waals surface area contributed by atoms with Crippen LogP contribution in [0.25, 0.3) is 0 Å². The Labute approximate surface area is 109 Å². The molecule has 0 aliphatic carbocycles. The van der Waals surface area contributed by atoms with Gasteiger partial charge in [-0.3, -0.25) is 11.3 Å². The van der Waals surface area contributed by atoms with Gasteiger partial charge in [-0.15, -0.1) is 16.4 Å². The molecule has 2 aromatic rings. The molecule has 1 unspecified atom stereocenters. The lowest BCUT2D eigenvalue weighted by Crippen LogP contribution is -2.29. The third-order valence-electron chi connectivity index (χ3n) is 2.58. The number of aromatic nitrogens is 2. The molecule has 0 fully saturated rings. The molecular weight excluding hydrogens is 252 g/mol. The molecule has 92 valence electrons. The van der Waals surface area contributed by atoms with Gasteiger partial charge in [0.2, 0.25) is 0 Å². The molecule has 0 aromatic carbocycles. The van der Waals surface area contributed by atoms with Gasteiger partial charge in [0.05, 0.1) is 16.6 Å². The van der Waals surface area contributed by atoms with E-state index in [9.17, 15) is 0 Å². The molecule has 2 heterocycles. The maximum Gasteiger partial charge on any atom is 0.0804 e. The molecule has 0 aliphatic heterocycles. The minimum Gasteiger partial charge on any atom is -0.271 e. The van der Waals surface area contributed by atoms with Gasteiger partial charge in [0.15, 0.2) is 0 Å². The second kappa shape index (κ2) is 6.20. The van der Waals surface area contributed by atoms with E-state index in [1.165, 1.54) is 21.3 Å². The number of hydrogen-bond donors (Lipinski definition) is 2. The molecule has 0 spiro atoms. The molecule has 4 nitrogen and oxygen atoms in total. The average molecular weight is 268 g/mol. The van der Waals surface area contributed by atoms with Crippen LogP contribution >= 0.6 is 22.9 Å². The van der Waals surface area contributed by atoms with Gasteiger partial charge in [-0.1, -0.05) is 23.9 Å². The molecule has 1 atom stereocenters. The molecule has 0 bridgehead atoms. The molecule has 0 radical (unpaired) electrons. The van der Waals surface area contributed by atoms with Crippen LogP contribution in [0, 0.1) is 0 Å². The van der Waals surface area contributed by atoms with Crippen LogP contribution < -0.4 is 11.3 Å². The van der Waals surface area contributed by atoms with Crippen molar-refractivity contribution in [1.29, 1.82) is 0 Å². The van der Waals surface area contributed by atoms with Gasteiger partial charge in [-0.05, 0) is 29.4 Å². The van der Waals surface area contributed by atoms with Gasteiger partial charge >= 0.3 is 0 Å². The van der Waals surface area contributed by atoms with Crippen molar-refractivity contribution in [3.8, 4) is 0 Å². The van der Waals surface area contributed by atoms with Crippen molar-refractivity contribution in [1.82, 2.24) is 15.0 Å². The smallest absolute Gasteiger partial charge is 0.0804 e. The summed E-state index contributed by atoms with van der Waals surface area (Å²) in [6.07, 6.45) is 2.94. The molecule has 6 heteroatoms. The van der Waals surface area contributed by atoms with Crippen molar-refractivity contribution in [2.24, 2.45) is 5.84 Å². The van der Waals surface area contributed by atoms with Crippen LogP contribution in [0.1, 0.15) is 34.8 Å². The maximum atomic E-state index is 5.65. The van der Waals surface area contributed by atoms with Crippen LogP contribution in [0.5, 0.6) is 0 Å². The van der Waals surface area contributed by atoms with E-state index >= 15 is 0 Å². The van der Waals surface area contributed by atoms with E-state index in [2.05, 4.69) is 39.4 Å². The summed E-state index contributed by atoms with van der Waals surface area (Å²) >= 11 is 3.20. The highest BCUT2D eigenvalue weighted by Crippen LogP contribution is 2.25. The van der Waals surface area contributed by atoms with E-state index in [1.807, 2.05) is 0 Å². The van der Waals surface area contributed by atoms with E-state index in [4.69, 9.17) is 5.84 Å². The Bertz CT molecular complexity index is 438. The lowest BCUT2D eigenvalue weighted by molar-refractivity contribution is 0.557. The van der Waals surface area contributed by atoms with Crippen LogP contribution in [-0.4, -0.2) is 9.59 Å². The number of thiophene rings is 1. The number of aryl methyl sites for hydroxylation is 1. The highest BCUT2D eigenvalue weighted by molar-refractivity contribution is 7.10. The summed E-state index contributed by atoms with van der Waals surface area (Å²) in [6, 6.07) is 4.31. The lowest BCUT2D eigenvalue weighted by Gasteiger charge is -2.13. The first-order chi connectivity index (χ1) is 8.35. The first-order valence-corrected chi connectivity index (χ1v) is 7.30. The molecule has 3 N–H and O–H groups in total. The van der Waals surface area contributed by atoms with Gasteiger partial charge in [0.1, 0.15) is 0 Å². The largest absolute Gasteiger partial charge is 0.271 e. The maximum absolute atomic E-state index is 5.65. The summed E-state index contributed by atoms with van der Waals surface area (Å²) in [4.78, 5) is 2.49. The Kier molecular flexibility index (Phi) is 4.61. The van der Waals surface area contributed by atoms with Crippen molar-refractivity contribution in [3.63, 3.8) is 0 Å². The zero-order valence-corrected chi connectivity index (χ0v) is 11.4. The second-order valence-corrected chi connectivity index (χ2v) is 5.65. The fourth-order valence-corrected chi connectivity index (χ4v) is 3.25. The van der Waals surface area contributed by atoms with Crippen molar-refractivity contribution in [3.05, 3.63) is 33.0 Å². The summed E-state index contributed by atoms with van der Waals surface area (Å²) in [5.41, 5.74) is 3.96. The van der Waals surface area contributed by atoms with Crippen LogP contribution in [0.3, 0.4) is 0 Å². The van der Waals surface area contributed by atoms with Crippen LogP contribution in [0.4, 0.5) is 0 Å². The highest BCUT2D eigenvalue weighted by atomic mass is 32.1. The molecule has 0 amide bonds. The number of nitrogens with two attached hydrogens (primary N) is 1. The number of rotatable bonds is 6. The van der Waals surface area contributed by atoms with Crippen LogP contribution in [-0.2, 0) is 12.8 Å². The zero-order chi connectivity index (χ0) is 12.1. The Balaban J connectivity index is 2.14. The Morgan fingerprint density at radius 1 is 1.53 bits per heavy atom. The van der Waals surface area contributed by atoms with E-state index in [1.54, 1.807) is 11.3 Å². The van der Waals surface area contributed by atoms with Crippen molar-refractivity contribution in [2.75, 3.05) is 0 Å². The van der Waals surface area contributed by atoms with Crippen LogP contribution in [0.2, 0.25) is 0 Å². The fraction of sp³-hybridized carbons (Fsp3) is 0.455. The van der Waals surface area contributed by atoms with Gasteiger partial charge in [-0.2, -0.15) is 0 Å². The van der Waals surface area contributed by atoms with Gasteiger partial charge in [0.25, 0.3) is 0 Å². The molecule has 17 heavy (non-hydrogen) atoms. The van der Waals surface area contributed by atoms with Crippen LogP contribution in [0.15, 0.2) is 17.5 Å². The third kappa shape index (κ3) is 3.10. The number of hydrogen-bond acceptors (Lipinski definition) is 6. The Hall–Kier alpha value is -0.820. The van der Waals surface area contributed by atoms with Crippen molar-refractivity contribution < 1.29 is 0 Å². The minimum atomic E-state index is 0.121. The monoisotopic (exact) mass is 268 g/mol. The van der Waals surface area contributed by atoms with E-state index in [0.29, 0.717) is 0 Å². The Morgan fingerprint density at radius 2 is 2.41 bits per heavy atom. The quantitative estimate of drug-likeness (QED) is 0.623. The molecule has 0 saturated carbocycles. The standard InChI is InChI=1S/C11H16N4S2/c1-2-4-9-11(17-15-14-9)10(13-12)7-8-5-3-6-16-8/h3,5-6,10,13H,2,4,7,12H2,1H3. The van der Waals surface area contributed by atoms with E-state index < -0.39 is 0 Å². The number of hydrazine groups is 1. The zero-order valence-electron chi connectivity index (χ0n) is 9.72. The number of nitrogens with one attached hydrogen (secondary N) is 1. The van der Waals surface area contributed by atoms with E-state index in [0.717, 1.165) is 25.0 Å². The lowest BCUT2D eigenvalue weighted by atomic mass is 10.1. The number of nitrogens with zero attached hydrogens (tertiary/aromatic N) is 2. The van der Waals surface area contributed by atoms with Gasteiger partial charge in [-0.25, -0.2) is 0 Å². The Morgan fingerprint density at radius 3 is 3.06 bits per heavy atom. The van der Waals surface area contributed by atoms with Crippen molar-refractivity contribution in [2.45, 2.75) is 32.2 Å². The molecular formula is C11H16N4S2. The first-order valence-electron chi connectivity index (χ1n) is 5.64. The highest BCUT2D eigenvalue weighted by Gasteiger charge is 2.18. The van der Waals surface area contributed by atoms with E-state index in [-0.39, 0.29) is 6.04 Å². The summed E-state index contributed by atoms with van der Waals surface area (Å²) in [6.45, 7) is 2.15. The second-order valence-electron chi connectivity index (χ2n) is 3.84. The first kappa shape index (κ1) is 12.6. The molecule has 2 rings (SSSR count). The predicted octanol–water partition coefficient (Wildman–Crippen LogP) is 2.30. The summed E-state index contributed by atoms with van der Waals surface area (Å²) in [5, 5.41) is 6.26. The molecule has 0 saturated heterocycles. The summed E-state index contributed by atoms with van der Waals surface area (Å²) in [7, 11) is 0. The van der Waals surface area contributed by atoms with Crippen molar-refractivity contribution >= 4 is 22.9 Å². The SMILES string of the molecule is CCCc1nnsc1C(Cc1cccs1)NN. The predicted molar refractivity (Wildman–Crippen MR) is 72.0 cm³/mol. The third-order valence-corrected chi connectivity index (χ3v) is 4.35. The molecule has 0 aliphatic rings. The average Bonchev–Trinajstić information content (AvgIpc) is 2.97. The summed E-state index contributed by atoms with van der Waals surface area (Å²) < 4.78 is 4.04. The fourth-order valence-electron chi connectivity index (χ4n) is 1.75. The molecule has 2 aromatic heterocycles. The van der Waals surface area contributed by atoms with Gasteiger partial charge < -0.3 is 0 Å².